The van der Waals surface area contributed by atoms with E-state index in [1.807, 2.05) is 0 Å². The Morgan fingerprint density at radius 3 is 2.52 bits per heavy atom. The zero-order chi connectivity index (χ0) is 23.8. The van der Waals surface area contributed by atoms with E-state index in [9.17, 15) is 18.0 Å². The van der Waals surface area contributed by atoms with Crippen molar-refractivity contribution in [3.05, 3.63) is 42.4 Å². The Balaban J connectivity index is 1.74. The van der Waals surface area contributed by atoms with Crippen molar-refractivity contribution in [2.24, 2.45) is 13.0 Å². The minimum absolute atomic E-state index is 0.00949. The molecule has 1 aromatic carbocycles. The van der Waals surface area contributed by atoms with E-state index in [4.69, 9.17) is 0 Å². The molecule has 3 aromatic rings. The fourth-order valence-electron chi connectivity index (χ4n) is 3.30. The van der Waals surface area contributed by atoms with Gasteiger partial charge in [-0.25, -0.2) is 18.4 Å². The van der Waals surface area contributed by atoms with Crippen LogP contribution >= 0.6 is 0 Å². The molecule has 10 nitrogen and oxygen atoms in total. The summed E-state index contributed by atoms with van der Waals surface area (Å²) in [5.74, 6) is 0.388. The highest BCUT2D eigenvalue weighted by Gasteiger charge is 2.30. The van der Waals surface area contributed by atoms with E-state index in [1.54, 1.807) is 32.2 Å². The lowest BCUT2D eigenvalue weighted by Crippen LogP contribution is -2.15. The predicted molar refractivity (Wildman–Crippen MR) is 123 cm³/mol. The summed E-state index contributed by atoms with van der Waals surface area (Å²) in [6, 6.07) is 6.34. The molecule has 0 bridgehead atoms. The summed E-state index contributed by atoms with van der Waals surface area (Å²) in [5, 5.41) is 10.0. The number of Topliss-reactive ketones (excluding diaryl/α,β-unsaturated/α-hetero) is 1. The van der Waals surface area contributed by atoms with Gasteiger partial charge in [-0.1, -0.05) is 6.92 Å². The molecular formula is C22H24N6O4S. The summed E-state index contributed by atoms with van der Waals surface area (Å²) in [6.07, 6.45) is 5.96. The van der Waals surface area contributed by atoms with Crippen LogP contribution in [0.15, 0.2) is 41.7 Å². The molecule has 1 fully saturated rings. The van der Waals surface area contributed by atoms with E-state index >= 15 is 0 Å². The number of hydrogen-bond acceptors (Lipinski definition) is 8. The van der Waals surface area contributed by atoms with Crippen LogP contribution in [0.4, 0.5) is 17.2 Å². The first-order valence-electron chi connectivity index (χ1n) is 10.5. The van der Waals surface area contributed by atoms with E-state index in [0.717, 1.165) is 19.1 Å². The molecule has 1 saturated carbocycles. The predicted octanol–water partition coefficient (Wildman–Crippen LogP) is 2.97. The van der Waals surface area contributed by atoms with Gasteiger partial charge in [-0.15, -0.1) is 0 Å². The number of aromatic nitrogens is 4. The highest BCUT2D eigenvalue weighted by atomic mass is 32.2. The van der Waals surface area contributed by atoms with Crippen LogP contribution in [0.3, 0.4) is 0 Å². The van der Waals surface area contributed by atoms with Crippen molar-refractivity contribution in [1.82, 2.24) is 19.7 Å². The number of nitrogens with zero attached hydrogens (tertiary/aromatic N) is 4. The third-order valence-corrected chi connectivity index (χ3v) is 6.37. The van der Waals surface area contributed by atoms with E-state index < -0.39 is 9.84 Å². The number of carbonyl (C=O) groups excluding carboxylic acids is 2. The largest absolute Gasteiger partial charge is 0.354 e. The average molecular weight is 469 g/mol. The summed E-state index contributed by atoms with van der Waals surface area (Å²) in [6.45, 7) is 1.73. The molecule has 2 aromatic heterocycles. The molecular weight excluding hydrogens is 444 g/mol. The fourth-order valence-corrected chi connectivity index (χ4v) is 4.16. The number of nitrogens with one attached hydrogen (secondary N) is 2. The van der Waals surface area contributed by atoms with Gasteiger partial charge in [0.1, 0.15) is 12.1 Å². The molecule has 2 heterocycles. The molecule has 0 atom stereocenters. The zero-order valence-electron chi connectivity index (χ0n) is 18.5. The molecule has 11 heteroatoms. The van der Waals surface area contributed by atoms with Gasteiger partial charge in [0.25, 0.3) is 0 Å². The topological polar surface area (TPSA) is 136 Å². The molecule has 1 aliphatic rings. The molecule has 1 amide bonds. The molecule has 2 N–H and O–H groups in total. The number of pyridine rings is 1. The second-order valence-corrected chi connectivity index (χ2v) is 9.99. The second kappa shape index (κ2) is 8.74. The van der Waals surface area contributed by atoms with E-state index in [0.29, 0.717) is 22.6 Å². The van der Waals surface area contributed by atoms with Crippen LogP contribution in [0.25, 0.3) is 11.4 Å². The van der Waals surface area contributed by atoms with Crippen LogP contribution in [0, 0.1) is 5.92 Å². The molecule has 0 radical (unpaired) electrons. The van der Waals surface area contributed by atoms with E-state index in [1.165, 1.54) is 23.3 Å². The molecule has 4 rings (SSSR count). The average Bonchev–Trinajstić information content (AvgIpc) is 3.54. The zero-order valence-corrected chi connectivity index (χ0v) is 19.3. The number of aryl methyl sites for hydroxylation is 1. The van der Waals surface area contributed by atoms with Gasteiger partial charge in [0.05, 0.1) is 21.8 Å². The maximum Gasteiger partial charge on any atom is 0.228 e. The first-order chi connectivity index (χ1) is 15.7. The third kappa shape index (κ3) is 5.08. The van der Waals surface area contributed by atoms with Gasteiger partial charge in [-0.2, -0.15) is 5.10 Å². The Kier molecular flexibility index (Phi) is 5.98. The van der Waals surface area contributed by atoms with Crippen LogP contribution in [0.2, 0.25) is 0 Å². The lowest BCUT2D eigenvalue weighted by molar-refractivity contribution is -0.117. The molecule has 1 aliphatic carbocycles. The Labute approximate surface area is 191 Å². The third-order valence-electron chi connectivity index (χ3n) is 5.23. The van der Waals surface area contributed by atoms with Gasteiger partial charge in [0.15, 0.2) is 21.4 Å². The maximum atomic E-state index is 12.6. The highest BCUT2D eigenvalue weighted by molar-refractivity contribution is 7.90. The van der Waals surface area contributed by atoms with Gasteiger partial charge in [-0.3, -0.25) is 14.3 Å². The van der Waals surface area contributed by atoms with Crippen LogP contribution in [-0.2, 0) is 21.7 Å². The Hall–Kier alpha value is -3.60. The molecule has 0 aliphatic heterocycles. The van der Waals surface area contributed by atoms with E-state index in [2.05, 4.69) is 25.7 Å². The van der Waals surface area contributed by atoms with Gasteiger partial charge in [0, 0.05) is 43.5 Å². The van der Waals surface area contributed by atoms with Crippen molar-refractivity contribution in [3.8, 4) is 11.4 Å². The number of rotatable bonds is 8. The van der Waals surface area contributed by atoms with Crippen LogP contribution in [0.5, 0.6) is 0 Å². The summed E-state index contributed by atoms with van der Waals surface area (Å²) < 4.78 is 26.7. The molecule has 0 unspecified atom stereocenters. The smallest absolute Gasteiger partial charge is 0.228 e. The number of anilines is 3. The van der Waals surface area contributed by atoms with Gasteiger partial charge < -0.3 is 10.6 Å². The van der Waals surface area contributed by atoms with Crippen molar-refractivity contribution >= 4 is 38.7 Å². The van der Waals surface area contributed by atoms with Crippen molar-refractivity contribution in [2.45, 2.75) is 31.1 Å². The number of carbonyl (C=O) groups is 2. The minimum atomic E-state index is -3.64. The molecule has 172 valence electrons. The summed E-state index contributed by atoms with van der Waals surface area (Å²) in [5.41, 5.74) is 1.49. The number of hydrogen-bond donors (Lipinski definition) is 2. The SMILES string of the molecule is CCC(=O)c1cnc(NC(=O)C2CC2)cc1Nc1ccc(-c2ncn(C)n2)cc1S(C)(=O)=O. The molecule has 33 heavy (non-hydrogen) atoms. The Bertz CT molecular complexity index is 1340. The lowest BCUT2D eigenvalue weighted by Gasteiger charge is -2.16. The maximum absolute atomic E-state index is 12.6. The lowest BCUT2D eigenvalue weighted by atomic mass is 10.1. The normalized spacial score (nSPS) is 13.5. The summed E-state index contributed by atoms with van der Waals surface area (Å²) >= 11 is 0. The molecule has 0 saturated heterocycles. The van der Waals surface area contributed by atoms with Crippen molar-refractivity contribution < 1.29 is 18.0 Å². The Morgan fingerprint density at radius 2 is 1.91 bits per heavy atom. The monoisotopic (exact) mass is 468 g/mol. The van der Waals surface area contributed by atoms with Crippen LogP contribution in [0.1, 0.15) is 36.5 Å². The number of amides is 1. The number of benzene rings is 1. The first kappa shape index (κ1) is 22.6. The molecule has 0 spiro atoms. The van der Waals surface area contributed by atoms with Crippen LogP contribution in [-0.4, -0.2) is 46.1 Å². The van der Waals surface area contributed by atoms with Gasteiger partial charge >= 0.3 is 0 Å². The second-order valence-electron chi connectivity index (χ2n) is 8.01. The quantitative estimate of drug-likeness (QED) is 0.482. The fraction of sp³-hybridized carbons (Fsp3) is 0.318. The highest BCUT2D eigenvalue weighted by Crippen LogP contribution is 2.33. The van der Waals surface area contributed by atoms with E-state index in [-0.39, 0.29) is 40.4 Å². The van der Waals surface area contributed by atoms with Crippen molar-refractivity contribution in [1.29, 1.82) is 0 Å². The Morgan fingerprint density at radius 1 is 1.15 bits per heavy atom. The first-order valence-corrected chi connectivity index (χ1v) is 12.4. The van der Waals surface area contributed by atoms with Crippen molar-refractivity contribution in [3.63, 3.8) is 0 Å². The van der Waals surface area contributed by atoms with Gasteiger partial charge in [-0.05, 0) is 31.0 Å². The number of sulfone groups is 1. The number of ketones is 1. The summed E-state index contributed by atoms with van der Waals surface area (Å²) in [7, 11) is -1.92. The van der Waals surface area contributed by atoms with Gasteiger partial charge in [0.2, 0.25) is 5.91 Å². The standard InChI is InChI=1S/C22H24N6O4S/c1-4-18(29)15-11-23-20(26-22(30)13-5-6-13)10-17(15)25-16-8-7-14(9-19(16)33(3,31)32)21-24-12-28(2)27-21/h7-13H,4-6H2,1-3H3,(H2,23,25,26,30). The van der Waals surface area contributed by atoms with Crippen LogP contribution < -0.4 is 10.6 Å². The minimum Gasteiger partial charge on any atom is -0.354 e. The van der Waals surface area contributed by atoms with Crippen molar-refractivity contribution in [2.75, 3.05) is 16.9 Å². The summed E-state index contributed by atoms with van der Waals surface area (Å²) in [4.78, 5) is 33.0.